The number of benzene rings is 2. The smallest absolute Gasteiger partial charge is 0.161 e. The topological polar surface area (TPSA) is 70.1 Å². The van der Waals surface area contributed by atoms with Crippen LogP contribution in [0, 0.1) is 32.1 Å². The molecule has 1 aliphatic heterocycles. The number of ketones is 1. The molecule has 29 heavy (non-hydrogen) atoms. The van der Waals surface area contributed by atoms with Crippen molar-refractivity contribution in [3.05, 3.63) is 87.4 Å². The summed E-state index contributed by atoms with van der Waals surface area (Å²) in [5, 5.41) is 10.1. The van der Waals surface area contributed by atoms with Gasteiger partial charge in [-0.25, -0.2) is 0 Å². The van der Waals surface area contributed by atoms with Gasteiger partial charge in [-0.1, -0.05) is 41.5 Å². The van der Waals surface area contributed by atoms with E-state index in [-0.39, 0.29) is 5.78 Å². The normalized spacial score (nSPS) is 19.3. The van der Waals surface area contributed by atoms with E-state index in [1.165, 1.54) is 0 Å². The first-order valence-corrected chi connectivity index (χ1v) is 10.0. The van der Waals surface area contributed by atoms with Crippen molar-refractivity contribution >= 4 is 11.5 Å². The Kier molecular flexibility index (Phi) is 4.76. The van der Waals surface area contributed by atoms with Crippen LogP contribution in [0.4, 0.5) is 5.69 Å². The number of carbonyl (C=O) groups is 1. The molecule has 4 heteroatoms. The van der Waals surface area contributed by atoms with Crippen molar-refractivity contribution in [2.24, 2.45) is 5.73 Å². The molecule has 4 nitrogen and oxygen atoms in total. The van der Waals surface area contributed by atoms with Gasteiger partial charge in [0, 0.05) is 23.4 Å². The van der Waals surface area contributed by atoms with Crippen LogP contribution in [0.5, 0.6) is 0 Å². The van der Waals surface area contributed by atoms with Crippen LogP contribution < -0.4 is 10.6 Å². The van der Waals surface area contributed by atoms with E-state index in [0.717, 1.165) is 52.1 Å². The molecule has 1 aliphatic carbocycles. The van der Waals surface area contributed by atoms with E-state index in [9.17, 15) is 10.1 Å². The van der Waals surface area contributed by atoms with Crippen molar-refractivity contribution in [1.29, 1.82) is 5.26 Å². The molecule has 1 heterocycles. The summed E-state index contributed by atoms with van der Waals surface area (Å²) >= 11 is 0. The molecule has 2 aromatic carbocycles. The van der Waals surface area contributed by atoms with Crippen LogP contribution >= 0.6 is 0 Å². The lowest BCUT2D eigenvalue weighted by atomic mass is 9.74. The maximum Gasteiger partial charge on any atom is 0.161 e. The summed E-state index contributed by atoms with van der Waals surface area (Å²) in [6, 6.07) is 16.6. The Bertz CT molecular complexity index is 1100. The Labute approximate surface area is 171 Å². The molecule has 0 unspecified atom stereocenters. The summed E-state index contributed by atoms with van der Waals surface area (Å²) in [5.74, 6) is 0.148. The lowest BCUT2D eigenvalue weighted by Crippen LogP contribution is -2.38. The van der Waals surface area contributed by atoms with E-state index in [1.807, 2.05) is 49.9 Å². The lowest BCUT2D eigenvalue weighted by molar-refractivity contribution is -0.116. The Hall–Kier alpha value is -3.32. The minimum atomic E-state index is -0.399. The highest BCUT2D eigenvalue weighted by atomic mass is 16.1. The standard InChI is InChI=1S/C25H25N3O/c1-15-8-11-18(12-9-15)28-21-5-4-6-22(29)24(21)23(20(14-26)25(28)27)19-13-16(2)7-10-17(19)3/h7-13,23H,4-6,27H2,1-3H3/t23-/m1/s1. The Morgan fingerprint density at radius 1 is 1.03 bits per heavy atom. The van der Waals surface area contributed by atoms with Gasteiger partial charge in [0.05, 0.1) is 17.6 Å². The lowest BCUT2D eigenvalue weighted by Gasteiger charge is -2.40. The van der Waals surface area contributed by atoms with Gasteiger partial charge in [0.1, 0.15) is 5.82 Å². The number of nitrogens with zero attached hydrogens (tertiary/aromatic N) is 2. The van der Waals surface area contributed by atoms with Crippen molar-refractivity contribution in [3.63, 3.8) is 0 Å². The second-order valence-electron chi connectivity index (χ2n) is 8.01. The Morgan fingerprint density at radius 3 is 2.41 bits per heavy atom. The first kappa shape index (κ1) is 19.0. The second-order valence-corrected chi connectivity index (χ2v) is 8.01. The van der Waals surface area contributed by atoms with E-state index >= 15 is 0 Å². The summed E-state index contributed by atoms with van der Waals surface area (Å²) in [6.45, 7) is 6.09. The largest absolute Gasteiger partial charge is 0.384 e. The Morgan fingerprint density at radius 2 is 1.72 bits per heavy atom. The highest BCUT2D eigenvalue weighted by Gasteiger charge is 2.40. The molecule has 4 rings (SSSR count). The van der Waals surface area contributed by atoms with Crippen LogP contribution in [0.3, 0.4) is 0 Å². The maximum atomic E-state index is 13.2. The Balaban J connectivity index is 1.99. The van der Waals surface area contributed by atoms with Gasteiger partial charge >= 0.3 is 0 Å². The molecule has 0 aromatic heterocycles. The third-order valence-corrected chi connectivity index (χ3v) is 5.95. The third kappa shape index (κ3) is 3.13. The zero-order chi connectivity index (χ0) is 20.7. The van der Waals surface area contributed by atoms with E-state index in [0.29, 0.717) is 17.8 Å². The number of nitriles is 1. The SMILES string of the molecule is Cc1ccc(N2C(N)=C(C#N)[C@@H](c3cc(C)ccc3C)C3=C2CCCC3=O)cc1. The van der Waals surface area contributed by atoms with Crippen LogP contribution in [-0.4, -0.2) is 5.78 Å². The van der Waals surface area contributed by atoms with Gasteiger partial charge in [-0.15, -0.1) is 0 Å². The fourth-order valence-corrected chi connectivity index (χ4v) is 4.46. The quantitative estimate of drug-likeness (QED) is 0.799. The minimum absolute atomic E-state index is 0.120. The van der Waals surface area contributed by atoms with Gasteiger partial charge in [-0.3, -0.25) is 9.69 Å². The molecular formula is C25H25N3O. The minimum Gasteiger partial charge on any atom is -0.384 e. The summed E-state index contributed by atoms with van der Waals surface area (Å²) in [4.78, 5) is 15.1. The fourth-order valence-electron chi connectivity index (χ4n) is 4.46. The molecular weight excluding hydrogens is 358 g/mol. The summed E-state index contributed by atoms with van der Waals surface area (Å²) in [6.07, 6.45) is 2.09. The van der Waals surface area contributed by atoms with Crippen molar-refractivity contribution in [2.45, 2.75) is 46.0 Å². The third-order valence-electron chi connectivity index (χ3n) is 5.95. The summed E-state index contributed by atoms with van der Waals surface area (Å²) in [7, 11) is 0. The van der Waals surface area contributed by atoms with Crippen LogP contribution in [0.25, 0.3) is 0 Å². The van der Waals surface area contributed by atoms with Gasteiger partial charge in [0.15, 0.2) is 5.78 Å². The van der Waals surface area contributed by atoms with Crippen LogP contribution in [-0.2, 0) is 4.79 Å². The van der Waals surface area contributed by atoms with Gasteiger partial charge in [-0.05, 0) is 56.9 Å². The number of allylic oxidation sites excluding steroid dienone is 3. The predicted octanol–water partition coefficient (Wildman–Crippen LogP) is 4.92. The van der Waals surface area contributed by atoms with E-state index < -0.39 is 5.92 Å². The molecule has 0 spiro atoms. The summed E-state index contributed by atoms with van der Waals surface area (Å²) in [5.41, 5.74) is 13.9. The molecule has 2 aliphatic rings. The van der Waals surface area contributed by atoms with Crippen LogP contribution in [0.1, 0.15) is 47.4 Å². The molecule has 1 atom stereocenters. The number of carbonyl (C=O) groups excluding carboxylic acids is 1. The highest BCUT2D eigenvalue weighted by Crippen LogP contribution is 2.47. The molecule has 0 radical (unpaired) electrons. The number of Topliss-reactive ketones (excluding diaryl/α,β-unsaturated/α-hetero) is 1. The maximum absolute atomic E-state index is 13.2. The average Bonchev–Trinajstić information content (AvgIpc) is 2.70. The molecule has 2 N–H and O–H groups in total. The zero-order valence-electron chi connectivity index (χ0n) is 17.1. The average molecular weight is 383 g/mol. The number of hydrogen-bond donors (Lipinski definition) is 1. The van der Waals surface area contributed by atoms with E-state index in [1.54, 1.807) is 0 Å². The summed E-state index contributed by atoms with van der Waals surface area (Å²) < 4.78 is 0. The number of rotatable bonds is 2. The second kappa shape index (κ2) is 7.25. The molecule has 0 bridgehead atoms. The zero-order valence-corrected chi connectivity index (χ0v) is 17.1. The molecule has 0 amide bonds. The predicted molar refractivity (Wildman–Crippen MR) is 115 cm³/mol. The van der Waals surface area contributed by atoms with E-state index in [4.69, 9.17) is 5.73 Å². The van der Waals surface area contributed by atoms with Crippen molar-refractivity contribution < 1.29 is 4.79 Å². The molecule has 0 saturated carbocycles. The van der Waals surface area contributed by atoms with E-state index in [2.05, 4.69) is 24.3 Å². The number of nitrogens with two attached hydrogens (primary N) is 1. The molecule has 2 aromatic rings. The van der Waals surface area contributed by atoms with Crippen molar-refractivity contribution in [1.82, 2.24) is 0 Å². The molecule has 146 valence electrons. The van der Waals surface area contributed by atoms with Gasteiger partial charge in [0.2, 0.25) is 0 Å². The first-order valence-electron chi connectivity index (χ1n) is 10.0. The van der Waals surface area contributed by atoms with Gasteiger partial charge in [-0.2, -0.15) is 5.26 Å². The van der Waals surface area contributed by atoms with Gasteiger partial charge in [0.25, 0.3) is 0 Å². The van der Waals surface area contributed by atoms with Crippen molar-refractivity contribution in [2.75, 3.05) is 4.90 Å². The van der Waals surface area contributed by atoms with Crippen LogP contribution in [0.2, 0.25) is 0 Å². The molecule has 0 saturated heterocycles. The van der Waals surface area contributed by atoms with Crippen LogP contribution in [0.15, 0.2) is 65.1 Å². The highest BCUT2D eigenvalue weighted by molar-refractivity contribution is 6.01. The fraction of sp³-hybridized carbons (Fsp3) is 0.280. The number of aryl methyl sites for hydroxylation is 3. The number of hydrogen-bond acceptors (Lipinski definition) is 4. The monoisotopic (exact) mass is 383 g/mol. The van der Waals surface area contributed by atoms with Crippen molar-refractivity contribution in [3.8, 4) is 6.07 Å². The van der Waals surface area contributed by atoms with Gasteiger partial charge < -0.3 is 5.73 Å². The first-order chi connectivity index (χ1) is 13.9. The number of anilines is 1. The molecule has 0 fully saturated rings.